The quantitative estimate of drug-likeness (QED) is 0.498. The summed E-state index contributed by atoms with van der Waals surface area (Å²) in [5.74, 6) is 0.185. The summed E-state index contributed by atoms with van der Waals surface area (Å²) in [6.07, 6.45) is 0. The van der Waals surface area contributed by atoms with E-state index in [9.17, 15) is 9.18 Å². The van der Waals surface area contributed by atoms with E-state index in [2.05, 4.69) is 27.9 Å². The minimum absolute atomic E-state index is 0.235. The van der Waals surface area contributed by atoms with Crippen LogP contribution in [-0.4, -0.2) is 15.8 Å². The van der Waals surface area contributed by atoms with Crippen molar-refractivity contribution in [1.82, 2.24) is 15.1 Å². The Morgan fingerprint density at radius 1 is 0.933 bits per heavy atom. The summed E-state index contributed by atoms with van der Waals surface area (Å²) in [5, 5.41) is 10.4. The summed E-state index contributed by atoms with van der Waals surface area (Å²) in [6, 6.07) is 23.3. The van der Waals surface area contributed by atoms with Gasteiger partial charge in [0.1, 0.15) is 11.6 Å². The number of hydrogen-bond acceptors (Lipinski definition) is 2. The van der Waals surface area contributed by atoms with Crippen LogP contribution in [0.1, 0.15) is 22.9 Å². The Morgan fingerprint density at radius 3 is 2.17 bits per heavy atom. The van der Waals surface area contributed by atoms with E-state index >= 15 is 0 Å². The molecule has 0 spiro atoms. The maximum absolute atomic E-state index is 13.3. The molecule has 0 radical (unpaired) electrons. The van der Waals surface area contributed by atoms with Crippen LogP contribution in [0.2, 0.25) is 0 Å². The van der Waals surface area contributed by atoms with Gasteiger partial charge in [0, 0.05) is 6.07 Å². The zero-order chi connectivity index (χ0) is 20.7. The van der Waals surface area contributed by atoms with Gasteiger partial charge in [-0.1, -0.05) is 48.5 Å². The van der Waals surface area contributed by atoms with E-state index in [-0.39, 0.29) is 17.9 Å². The van der Waals surface area contributed by atoms with Crippen molar-refractivity contribution in [3.05, 3.63) is 102 Å². The third-order valence-electron chi connectivity index (χ3n) is 5.25. The first kappa shape index (κ1) is 18.1. The third kappa shape index (κ3) is 3.12. The lowest BCUT2D eigenvalue weighted by Crippen LogP contribution is -2.33. The van der Waals surface area contributed by atoms with E-state index < -0.39 is 0 Å². The number of nitrogens with one attached hydrogen (secondary N) is 2. The molecular weight excluding hydrogens is 379 g/mol. The highest BCUT2D eigenvalue weighted by Crippen LogP contribution is 2.43. The predicted octanol–water partition coefficient (Wildman–Crippen LogP) is 5.21. The van der Waals surface area contributed by atoms with Crippen molar-refractivity contribution >= 4 is 11.8 Å². The molecule has 0 atom stereocenters. The molecule has 6 heteroatoms. The Morgan fingerprint density at radius 2 is 1.53 bits per heavy atom. The van der Waals surface area contributed by atoms with Gasteiger partial charge in [0.05, 0.1) is 17.4 Å². The number of halogens is 1. The van der Waals surface area contributed by atoms with Gasteiger partial charge in [-0.25, -0.2) is 13.9 Å². The number of benzene rings is 3. The van der Waals surface area contributed by atoms with Gasteiger partial charge >= 0.3 is 6.03 Å². The number of fused-ring (bicyclic) bond motifs is 3. The minimum Gasteiger partial charge on any atom is -0.327 e. The fourth-order valence-corrected chi connectivity index (χ4v) is 3.96. The molecule has 1 aliphatic carbocycles. The summed E-state index contributed by atoms with van der Waals surface area (Å²) in [6.45, 7) is 1.84. The zero-order valence-electron chi connectivity index (χ0n) is 16.3. The molecule has 1 heterocycles. The van der Waals surface area contributed by atoms with Crippen LogP contribution in [0.4, 0.5) is 15.0 Å². The van der Waals surface area contributed by atoms with Crippen molar-refractivity contribution in [1.29, 1.82) is 0 Å². The van der Waals surface area contributed by atoms with E-state index in [1.807, 2.05) is 43.3 Å². The normalized spacial score (nSPS) is 12.3. The molecule has 5 rings (SSSR count). The average Bonchev–Trinajstić information content (AvgIpc) is 3.27. The predicted molar refractivity (Wildman–Crippen MR) is 114 cm³/mol. The maximum Gasteiger partial charge on any atom is 0.321 e. The first-order valence-corrected chi connectivity index (χ1v) is 9.68. The summed E-state index contributed by atoms with van der Waals surface area (Å²) >= 11 is 0. The molecule has 5 nitrogen and oxygen atoms in total. The molecule has 0 saturated carbocycles. The van der Waals surface area contributed by atoms with Gasteiger partial charge in [-0.15, -0.1) is 0 Å². The molecule has 0 aliphatic heterocycles. The molecule has 1 aliphatic rings. The zero-order valence-corrected chi connectivity index (χ0v) is 16.3. The second-order valence-corrected chi connectivity index (χ2v) is 7.27. The number of amides is 2. The van der Waals surface area contributed by atoms with E-state index in [1.54, 1.807) is 22.9 Å². The number of hydrogen-bond donors (Lipinski definition) is 2. The molecule has 0 bridgehead atoms. The minimum atomic E-state index is -0.338. The number of rotatable bonds is 3. The molecule has 30 heavy (non-hydrogen) atoms. The highest BCUT2D eigenvalue weighted by atomic mass is 19.1. The Labute approximate surface area is 173 Å². The van der Waals surface area contributed by atoms with Gasteiger partial charge in [-0.05, 0) is 53.4 Å². The van der Waals surface area contributed by atoms with Crippen LogP contribution in [0.5, 0.6) is 0 Å². The second kappa shape index (κ2) is 7.15. The number of nitrogens with zero attached hydrogens (tertiary/aromatic N) is 2. The lowest BCUT2D eigenvalue weighted by molar-refractivity contribution is 0.250. The monoisotopic (exact) mass is 398 g/mol. The summed E-state index contributed by atoms with van der Waals surface area (Å²) in [5.41, 5.74) is 5.80. The number of carbonyl (C=O) groups excluding carboxylic acids is 1. The summed E-state index contributed by atoms with van der Waals surface area (Å²) in [7, 11) is 0. The molecule has 148 valence electrons. The number of aryl methyl sites for hydroxylation is 1. The number of urea groups is 1. The van der Waals surface area contributed by atoms with Crippen LogP contribution in [-0.2, 0) is 0 Å². The largest absolute Gasteiger partial charge is 0.327 e. The topological polar surface area (TPSA) is 59.0 Å². The van der Waals surface area contributed by atoms with E-state index in [0.717, 1.165) is 27.9 Å². The molecule has 4 aromatic rings. The van der Waals surface area contributed by atoms with Gasteiger partial charge in [-0.2, -0.15) is 5.10 Å². The Balaban J connectivity index is 1.42. The van der Waals surface area contributed by atoms with Crippen LogP contribution in [0.25, 0.3) is 16.8 Å². The number of aromatic nitrogens is 2. The first-order valence-electron chi connectivity index (χ1n) is 9.68. The molecule has 3 aromatic carbocycles. The van der Waals surface area contributed by atoms with Crippen molar-refractivity contribution in [3.63, 3.8) is 0 Å². The lowest BCUT2D eigenvalue weighted by Gasteiger charge is -2.17. The third-order valence-corrected chi connectivity index (χ3v) is 5.25. The van der Waals surface area contributed by atoms with Crippen LogP contribution in [0.3, 0.4) is 0 Å². The molecule has 0 unspecified atom stereocenters. The van der Waals surface area contributed by atoms with E-state index in [0.29, 0.717) is 11.5 Å². The molecule has 0 fully saturated rings. The maximum atomic E-state index is 13.3. The standard InChI is InChI=1S/C24H19FN4O/c1-15-14-22(29(28-15)17-12-10-16(25)11-13-17)26-24(30)27-23-20-8-4-2-6-18(20)19-7-3-5-9-21(19)23/h2-14,23H,1H3,(H2,26,27,30). The van der Waals surface area contributed by atoms with E-state index in [1.165, 1.54) is 12.1 Å². The smallest absolute Gasteiger partial charge is 0.321 e. The highest BCUT2D eigenvalue weighted by molar-refractivity contribution is 5.91. The summed E-state index contributed by atoms with van der Waals surface area (Å²) in [4.78, 5) is 12.9. The second-order valence-electron chi connectivity index (χ2n) is 7.27. The van der Waals surface area contributed by atoms with Crippen LogP contribution < -0.4 is 10.6 Å². The van der Waals surface area contributed by atoms with Crippen molar-refractivity contribution in [2.24, 2.45) is 0 Å². The van der Waals surface area contributed by atoms with Gasteiger partial charge in [0.25, 0.3) is 0 Å². The van der Waals surface area contributed by atoms with Crippen molar-refractivity contribution < 1.29 is 9.18 Å². The van der Waals surface area contributed by atoms with Crippen LogP contribution in [0, 0.1) is 12.7 Å². The number of anilines is 1. The van der Waals surface area contributed by atoms with Gasteiger partial charge < -0.3 is 5.32 Å². The Hall–Kier alpha value is -3.93. The molecular formula is C24H19FN4O. The van der Waals surface area contributed by atoms with Crippen LogP contribution >= 0.6 is 0 Å². The first-order chi connectivity index (χ1) is 14.6. The molecule has 0 saturated heterocycles. The number of carbonyl (C=O) groups is 1. The molecule has 2 amide bonds. The lowest BCUT2D eigenvalue weighted by atomic mass is 10.1. The molecule has 1 aromatic heterocycles. The Kier molecular flexibility index (Phi) is 4.32. The fourth-order valence-electron chi connectivity index (χ4n) is 3.96. The SMILES string of the molecule is Cc1cc(NC(=O)NC2c3ccccc3-c3ccccc32)n(-c2ccc(F)cc2)n1. The molecule has 2 N–H and O–H groups in total. The highest BCUT2D eigenvalue weighted by Gasteiger charge is 2.29. The van der Waals surface area contributed by atoms with Crippen molar-refractivity contribution in [2.45, 2.75) is 13.0 Å². The van der Waals surface area contributed by atoms with Gasteiger partial charge in [0.2, 0.25) is 0 Å². The van der Waals surface area contributed by atoms with Crippen molar-refractivity contribution in [3.8, 4) is 16.8 Å². The Bertz CT molecular complexity index is 1200. The fraction of sp³-hybridized carbons (Fsp3) is 0.0833. The van der Waals surface area contributed by atoms with Crippen LogP contribution in [0.15, 0.2) is 78.9 Å². The van der Waals surface area contributed by atoms with Crippen molar-refractivity contribution in [2.75, 3.05) is 5.32 Å². The van der Waals surface area contributed by atoms with Gasteiger partial charge in [0.15, 0.2) is 0 Å². The average molecular weight is 398 g/mol. The van der Waals surface area contributed by atoms with E-state index in [4.69, 9.17) is 0 Å². The summed E-state index contributed by atoms with van der Waals surface area (Å²) < 4.78 is 14.9. The van der Waals surface area contributed by atoms with Gasteiger partial charge in [-0.3, -0.25) is 5.32 Å².